The van der Waals surface area contributed by atoms with E-state index in [2.05, 4.69) is 15.9 Å². The fourth-order valence-corrected chi connectivity index (χ4v) is 3.81. The van der Waals surface area contributed by atoms with Gasteiger partial charge < -0.3 is 5.11 Å². The lowest BCUT2D eigenvalue weighted by Gasteiger charge is -2.28. The number of hydrogen-bond acceptors (Lipinski definition) is 3. The number of rotatable bonds is 2. The molecule has 2 rings (SSSR count). The smallest absolute Gasteiger partial charge is 0.243 e. The molecule has 1 aliphatic heterocycles. The van der Waals surface area contributed by atoms with E-state index >= 15 is 0 Å². The molecule has 1 saturated heterocycles. The van der Waals surface area contributed by atoms with E-state index < -0.39 is 10.0 Å². The van der Waals surface area contributed by atoms with Gasteiger partial charge in [-0.1, -0.05) is 15.9 Å². The number of aliphatic hydroxyl groups excluding tert-OH is 1. The molecule has 18 heavy (non-hydrogen) atoms. The summed E-state index contributed by atoms with van der Waals surface area (Å²) in [7, 11) is -3.42. The van der Waals surface area contributed by atoms with Gasteiger partial charge in [-0.25, -0.2) is 8.42 Å². The van der Waals surface area contributed by atoms with Gasteiger partial charge in [-0.15, -0.1) is 0 Å². The van der Waals surface area contributed by atoms with E-state index in [1.807, 2.05) is 6.92 Å². The first kappa shape index (κ1) is 14.0. The van der Waals surface area contributed by atoms with Gasteiger partial charge in [0.1, 0.15) is 0 Å². The summed E-state index contributed by atoms with van der Waals surface area (Å²) in [4.78, 5) is 0.319. The largest absolute Gasteiger partial charge is 0.393 e. The number of aliphatic hydroxyl groups is 1. The van der Waals surface area contributed by atoms with E-state index in [1.54, 1.807) is 18.2 Å². The van der Waals surface area contributed by atoms with Gasteiger partial charge in [0.25, 0.3) is 0 Å². The number of benzene rings is 1. The van der Waals surface area contributed by atoms with E-state index in [9.17, 15) is 13.5 Å². The second kappa shape index (κ2) is 5.28. The second-order valence-electron chi connectivity index (χ2n) is 4.55. The molecule has 0 atom stereocenters. The first-order valence-electron chi connectivity index (χ1n) is 5.85. The molecule has 0 saturated carbocycles. The van der Waals surface area contributed by atoms with Gasteiger partial charge in [0, 0.05) is 17.6 Å². The Hall–Kier alpha value is -0.430. The van der Waals surface area contributed by atoms with Crippen molar-refractivity contribution in [1.82, 2.24) is 4.31 Å². The number of hydrogen-bond donors (Lipinski definition) is 1. The van der Waals surface area contributed by atoms with E-state index in [0.29, 0.717) is 30.8 Å². The summed E-state index contributed by atoms with van der Waals surface area (Å²) in [5.74, 6) is 0. The molecule has 0 amide bonds. The van der Waals surface area contributed by atoms with Crippen molar-refractivity contribution in [2.45, 2.75) is 30.8 Å². The average Bonchev–Trinajstić information content (AvgIpc) is 2.33. The maximum atomic E-state index is 12.4. The number of aryl methyl sites for hydroxylation is 1. The monoisotopic (exact) mass is 333 g/mol. The zero-order valence-electron chi connectivity index (χ0n) is 10.1. The van der Waals surface area contributed by atoms with Gasteiger partial charge in [0.05, 0.1) is 11.0 Å². The Morgan fingerprint density at radius 2 is 1.94 bits per heavy atom. The maximum Gasteiger partial charge on any atom is 0.243 e. The fraction of sp³-hybridized carbons (Fsp3) is 0.500. The topological polar surface area (TPSA) is 57.6 Å². The molecule has 0 aliphatic carbocycles. The molecule has 1 fully saturated rings. The summed E-state index contributed by atoms with van der Waals surface area (Å²) < 4.78 is 27.1. The standard InChI is InChI=1S/C12H16BrNO3S/c1-9-8-11(2-3-12(9)13)18(16,17)14-6-4-10(15)5-7-14/h2-3,8,10,15H,4-7H2,1H3. The molecule has 1 N–H and O–H groups in total. The predicted molar refractivity (Wildman–Crippen MR) is 72.9 cm³/mol. The van der Waals surface area contributed by atoms with E-state index in [0.717, 1.165) is 10.0 Å². The first-order valence-corrected chi connectivity index (χ1v) is 8.09. The lowest BCUT2D eigenvalue weighted by molar-refractivity contribution is 0.113. The summed E-state index contributed by atoms with van der Waals surface area (Å²) in [5.41, 5.74) is 0.896. The van der Waals surface area contributed by atoms with Crippen LogP contribution in [0, 0.1) is 6.92 Å². The Balaban J connectivity index is 2.27. The molecule has 0 unspecified atom stereocenters. The minimum absolute atomic E-state index is 0.319. The van der Waals surface area contributed by atoms with Crippen molar-refractivity contribution < 1.29 is 13.5 Å². The van der Waals surface area contributed by atoms with Gasteiger partial charge in [-0.2, -0.15) is 4.31 Å². The third kappa shape index (κ3) is 2.77. The van der Waals surface area contributed by atoms with Gasteiger partial charge in [0.2, 0.25) is 10.0 Å². The minimum atomic E-state index is -3.42. The Kier molecular flexibility index (Phi) is 4.11. The molecule has 1 aromatic rings. The normalized spacial score (nSPS) is 19.1. The highest BCUT2D eigenvalue weighted by Crippen LogP contribution is 2.24. The van der Waals surface area contributed by atoms with Gasteiger partial charge in [-0.05, 0) is 43.5 Å². The highest BCUT2D eigenvalue weighted by atomic mass is 79.9. The molecule has 100 valence electrons. The minimum Gasteiger partial charge on any atom is -0.393 e. The van der Waals surface area contributed by atoms with Crippen LogP contribution in [0.1, 0.15) is 18.4 Å². The highest BCUT2D eigenvalue weighted by Gasteiger charge is 2.28. The van der Waals surface area contributed by atoms with Crippen molar-refractivity contribution in [2.24, 2.45) is 0 Å². The fourth-order valence-electron chi connectivity index (χ4n) is 2.01. The van der Waals surface area contributed by atoms with E-state index in [-0.39, 0.29) is 6.10 Å². The molecule has 4 nitrogen and oxygen atoms in total. The first-order chi connectivity index (χ1) is 8.41. The molecule has 0 bridgehead atoms. The van der Waals surface area contributed by atoms with E-state index in [4.69, 9.17) is 0 Å². The van der Waals surface area contributed by atoms with Crippen LogP contribution in [0.2, 0.25) is 0 Å². The summed E-state index contributed by atoms with van der Waals surface area (Å²) in [5, 5.41) is 9.42. The molecule has 0 spiro atoms. The zero-order chi connectivity index (χ0) is 13.3. The van der Waals surface area contributed by atoms with Gasteiger partial charge in [-0.3, -0.25) is 0 Å². The highest BCUT2D eigenvalue weighted by molar-refractivity contribution is 9.10. The summed E-state index contributed by atoms with van der Waals surface area (Å²) in [6, 6.07) is 5.03. The van der Waals surface area contributed by atoms with Crippen molar-refractivity contribution in [3.8, 4) is 0 Å². The molecular weight excluding hydrogens is 318 g/mol. The number of halogens is 1. The third-order valence-corrected chi connectivity index (χ3v) is 5.98. The van der Waals surface area contributed by atoms with Crippen molar-refractivity contribution in [3.63, 3.8) is 0 Å². The Morgan fingerprint density at radius 1 is 1.33 bits per heavy atom. The van der Waals surface area contributed by atoms with Gasteiger partial charge in [0.15, 0.2) is 0 Å². The van der Waals surface area contributed by atoms with Crippen LogP contribution in [0.25, 0.3) is 0 Å². The van der Waals surface area contributed by atoms with Gasteiger partial charge >= 0.3 is 0 Å². The van der Waals surface area contributed by atoms with Crippen LogP contribution >= 0.6 is 15.9 Å². The molecule has 1 heterocycles. The Labute approximate surface area is 116 Å². The van der Waals surface area contributed by atoms with Crippen molar-refractivity contribution in [3.05, 3.63) is 28.2 Å². The molecule has 0 aromatic heterocycles. The lowest BCUT2D eigenvalue weighted by Crippen LogP contribution is -2.40. The SMILES string of the molecule is Cc1cc(S(=O)(=O)N2CCC(O)CC2)ccc1Br. The van der Waals surface area contributed by atoms with Crippen LogP contribution in [-0.2, 0) is 10.0 Å². The summed E-state index contributed by atoms with van der Waals surface area (Å²) >= 11 is 3.36. The van der Waals surface area contributed by atoms with Crippen molar-refractivity contribution in [2.75, 3.05) is 13.1 Å². The van der Waals surface area contributed by atoms with Crippen LogP contribution in [0.5, 0.6) is 0 Å². The number of sulfonamides is 1. The Morgan fingerprint density at radius 3 is 2.50 bits per heavy atom. The molecule has 1 aromatic carbocycles. The Bertz CT molecular complexity index is 536. The van der Waals surface area contributed by atoms with Crippen LogP contribution in [0.3, 0.4) is 0 Å². The molecule has 0 radical (unpaired) electrons. The molecule has 6 heteroatoms. The molecule has 1 aliphatic rings. The maximum absolute atomic E-state index is 12.4. The van der Waals surface area contributed by atoms with Crippen LogP contribution in [0.4, 0.5) is 0 Å². The quantitative estimate of drug-likeness (QED) is 0.899. The van der Waals surface area contributed by atoms with Crippen LogP contribution in [0.15, 0.2) is 27.6 Å². The molecular formula is C12H16BrNO3S. The van der Waals surface area contributed by atoms with Crippen molar-refractivity contribution >= 4 is 26.0 Å². The average molecular weight is 334 g/mol. The second-order valence-corrected chi connectivity index (χ2v) is 7.34. The lowest BCUT2D eigenvalue weighted by atomic mass is 10.1. The van der Waals surface area contributed by atoms with E-state index in [1.165, 1.54) is 4.31 Å². The number of nitrogens with zero attached hydrogens (tertiary/aromatic N) is 1. The zero-order valence-corrected chi connectivity index (χ0v) is 12.5. The van der Waals surface area contributed by atoms with Crippen LogP contribution in [-0.4, -0.2) is 37.0 Å². The third-order valence-electron chi connectivity index (χ3n) is 3.19. The number of piperidine rings is 1. The summed E-state index contributed by atoms with van der Waals surface area (Å²) in [6.45, 7) is 2.64. The predicted octanol–water partition coefficient (Wildman–Crippen LogP) is 1.90. The van der Waals surface area contributed by atoms with Crippen LogP contribution < -0.4 is 0 Å². The van der Waals surface area contributed by atoms with Crippen molar-refractivity contribution in [1.29, 1.82) is 0 Å². The summed E-state index contributed by atoms with van der Waals surface area (Å²) in [6.07, 6.45) is 0.645.